The number of nitrogens with zero attached hydrogens (tertiary/aromatic N) is 3. The number of hydrogen-bond acceptors (Lipinski definition) is 7. The van der Waals surface area contributed by atoms with Gasteiger partial charge in [-0.3, -0.25) is 9.36 Å². The molecular weight excluding hydrogens is 402 g/mol. The van der Waals surface area contributed by atoms with Gasteiger partial charge in [0, 0.05) is 17.7 Å². The Morgan fingerprint density at radius 1 is 1.07 bits per heavy atom. The third-order valence-electron chi connectivity index (χ3n) is 4.95. The lowest BCUT2D eigenvalue weighted by Crippen LogP contribution is -2.25. The fraction of sp³-hybridized carbons (Fsp3) is 0.591. The van der Waals surface area contributed by atoms with E-state index in [4.69, 9.17) is 14.2 Å². The molecule has 0 bridgehead atoms. The van der Waals surface area contributed by atoms with Crippen molar-refractivity contribution in [2.75, 3.05) is 20.0 Å². The molecule has 1 aromatic heterocycles. The number of rotatable bonds is 7. The Kier molecular flexibility index (Phi) is 7.28. The molecule has 0 unspecified atom stereocenters. The lowest BCUT2D eigenvalue weighted by Gasteiger charge is -2.26. The number of hydrogen-bond donors (Lipinski definition) is 0. The summed E-state index contributed by atoms with van der Waals surface area (Å²) in [7, 11) is 3.26. The van der Waals surface area contributed by atoms with Crippen molar-refractivity contribution >= 4 is 17.7 Å². The fourth-order valence-electron chi connectivity index (χ4n) is 3.67. The van der Waals surface area contributed by atoms with Gasteiger partial charge >= 0.3 is 5.97 Å². The molecule has 0 saturated heterocycles. The highest BCUT2D eigenvalue weighted by Gasteiger charge is 2.25. The molecule has 1 heterocycles. The molecule has 3 rings (SSSR count). The number of esters is 1. The molecule has 0 radical (unpaired) electrons. The van der Waals surface area contributed by atoms with Crippen LogP contribution in [0.5, 0.6) is 11.5 Å². The highest BCUT2D eigenvalue weighted by atomic mass is 32.2. The molecule has 1 aliphatic rings. The first-order valence-corrected chi connectivity index (χ1v) is 11.3. The normalized spacial score (nSPS) is 15.1. The second-order valence-corrected chi connectivity index (χ2v) is 9.39. The molecule has 1 aliphatic carbocycles. The van der Waals surface area contributed by atoms with Crippen LogP contribution in [0.25, 0.3) is 11.4 Å². The average Bonchev–Trinajstić information content (AvgIpc) is 3.15. The molecule has 0 spiro atoms. The number of aromatic nitrogens is 3. The molecule has 0 amide bonds. The van der Waals surface area contributed by atoms with Crippen molar-refractivity contribution in [2.45, 2.75) is 69.7 Å². The van der Waals surface area contributed by atoms with Gasteiger partial charge in [0.1, 0.15) is 17.1 Å². The number of methoxy groups -OCH3 is 2. The fourth-order valence-corrected chi connectivity index (χ4v) is 4.45. The predicted molar refractivity (Wildman–Crippen MR) is 117 cm³/mol. The Balaban J connectivity index is 1.93. The van der Waals surface area contributed by atoms with Crippen molar-refractivity contribution in [3.8, 4) is 22.9 Å². The summed E-state index contributed by atoms with van der Waals surface area (Å²) in [6.07, 6.45) is 5.76. The largest absolute Gasteiger partial charge is 0.497 e. The van der Waals surface area contributed by atoms with Crippen molar-refractivity contribution in [3.05, 3.63) is 18.2 Å². The predicted octanol–water partition coefficient (Wildman–Crippen LogP) is 4.90. The molecular formula is C22H31N3O4S. The van der Waals surface area contributed by atoms with Crippen LogP contribution in [0.4, 0.5) is 0 Å². The maximum absolute atomic E-state index is 12.2. The number of carbonyl (C=O) groups excluding carboxylic acids is 1. The average molecular weight is 434 g/mol. The zero-order valence-corrected chi connectivity index (χ0v) is 19.3. The van der Waals surface area contributed by atoms with E-state index >= 15 is 0 Å². The van der Waals surface area contributed by atoms with Gasteiger partial charge in [-0.2, -0.15) is 0 Å². The number of carbonyl (C=O) groups is 1. The molecule has 0 atom stereocenters. The molecule has 1 saturated carbocycles. The van der Waals surface area contributed by atoms with Crippen LogP contribution in [0.1, 0.15) is 58.9 Å². The van der Waals surface area contributed by atoms with Gasteiger partial charge in [-0.25, -0.2) is 0 Å². The minimum atomic E-state index is -0.503. The third-order valence-corrected chi connectivity index (χ3v) is 5.87. The Hall–Kier alpha value is -2.22. The van der Waals surface area contributed by atoms with Gasteiger partial charge in [0.25, 0.3) is 0 Å². The van der Waals surface area contributed by atoms with Gasteiger partial charge in [0.05, 0.1) is 20.0 Å². The van der Waals surface area contributed by atoms with Crippen molar-refractivity contribution in [2.24, 2.45) is 0 Å². The molecule has 8 heteroatoms. The maximum Gasteiger partial charge on any atom is 0.316 e. The van der Waals surface area contributed by atoms with Gasteiger partial charge in [-0.1, -0.05) is 31.0 Å². The van der Waals surface area contributed by atoms with Crippen LogP contribution < -0.4 is 9.47 Å². The van der Waals surface area contributed by atoms with Crippen molar-refractivity contribution in [1.29, 1.82) is 0 Å². The monoisotopic (exact) mass is 433 g/mol. The van der Waals surface area contributed by atoms with Crippen LogP contribution in [0.15, 0.2) is 23.4 Å². The third kappa shape index (κ3) is 5.68. The SMILES string of the molecule is COc1cc(OC)cc(-c2nnc(SCC(=O)OC(C)(C)C)n2C2CCCCC2)c1. The first-order valence-electron chi connectivity index (χ1n) is 10.3. The van der Waals surface area contributed by atoms with E-state index in [2.05, 4.69) is 14.8 Å². The van der Waals surface area contributed by atoms with E-state index < -0.39 is 5.60 Å². The topological polar surface area (TPSA) is 75.5 Å². The zero-order chi connectivity index (χ0) is 21.7. The summed E-state index contributed by atoms with van der Waals surface area (Å²) >= 11 is 1.38. The first kappa shape index (κ1) is 22.5. The Labute approximate surface area is 182 Å². The highest BCUT2D eigenvalue weighted by Crippen LogP contribution is 2.37. The summed E-state index contributed by atoms with van der Waals surface area (Å²) in [6.45, 7) is 5.61. The molecule has 0 N–H and O–H groups in total. The van der Waals surface area contributed by atoms with E-state index in [9.17, 15) is 4.79 Å². The number of ether oxygens (including phenoxy) is 3. The minimum Gasteiger partial charge on any atom is -0.497 e. The maximum atomic E-state index is 12.2. The molecule has 1 fully saturated rings. The van der Waals surface area contributed by atoms with Crippen LogP contribution in [0, 0.1) is 0 Å². The summed E-state index contributed by atoms with van der Waals surface area (Å²) in [5, 5.41) is 9.67. The molecule has 164 valence electrons. The summed E-state index contributed by atoms with van der Waals surface area (Å²) in [5.41, 5.74) is 0.380. The van der Waals surface area contributed by atoms with E-state index in [1.165, 1.54) is 31.0 Å². The van der Waals surface area contributed by atoms with Crippen LogP contribution in [0.2, 0.25) is 0 Å². The zero-order valence-electron chi connectivity index (χ0n) is 18.4. The van der Waals surface area contributed by atoms with E-state index in [1.54, 1.807) is 14.2 Å². The Morgan fingerprint density at radius 2 is 1.70 bits per heavy atom. The van der Waals surface area contributed by atoms with Crippen LogP contribution in [-0.2, 0) is 9.53 Å². The first-order chi connectivity index (χ1) is 14.3. The molecule has 0 aliphatic heterocycles. The van der Waals surface area contributed by atoms with Crippen LogP contribution in [0.3, 0.4) is 0 Å². The summed E-state index contributed by atoms with van der Waals surface area (Å²) in [4.78, 5) is 12.2. The Morgan fingerprint density at radius 3 is 2.27 bits per heavy atom. The quantitative estimate of drug-likeness (QED) is 0.454. The van der Waals surface area contributed by atoms with Gasteiger partial charge in [-0.15, -0.1) is 10.2 Å². The standard InChI is InChI=1S/C22H31N3O4S/c1-22(2,3)29-19(26)14-30-21-24-23-20(25(21)16-9-7-6-8-10-16)15-11-17(27-4)13-18(12-15)28-5/h11-13,16H,6-10,14H2,1-5H3. The lowest BCUT2D eigenvalue weighted by atomic mass is 9.95. The molecule has 2 aromatic rings. The van der Waals surface area contributed by atoms with E-state index in [1.807, 2.05) is 39.0 Å². The summed E-state index contributed by atoms with van der Waals surface area (Å²) < 4.78 is 18.5. The Bertz CT molecular complexity index is 848. The van der Waals surface area contributed by atoms with Crippen LogP contribution in [-0.4, -0.2) is 46.3 Å². The number of thioether (sulfide) groups is 1. The number of benzene rings is 1. The smallest absolute Gasteiger partial charge is 0.316 e. The van der Waals surface area contributed by atoms with E-state index in [0.717, 1.165) is 29.4 Å². The minimum absolute atomic E-state index is 0.198. The van der Waals surface area contributed by atoms with Crippen molar-refractivity contribution in [1.82, 2.24) is 14.8 Å². The van der Waals surface area contributed by atoms with E-state index in [-0.39, 0.29) is 11.7 Å². The van der Waals surface area contributed by atoms with Crippen molar-refractivity contribution < 1.29 is 19.0 Å². The molecule has 1 aromatic carbocycles. The van der Waals surface area contributed by atoms with Gasteiger partial charge < -0.3 is 14.2 Å². The van der Waals surface area contributed by atoms with E-state index in [0.29, 0.717) is 17.5 Å². The molecule has 7 nitrogen and oxygen atoms in total. The van der Waals surface area contributed by atoms with Gasteiger partial charge in [0.2, 0.25) is 0 Å². The molecule has 30 heavy (non-hydrogen) atoms. The van der Waals surface area contributed by atoms with Gasteiger partial charge in [0.15, 0.2) is 11.0 Å². The highest BCUT2D eigenvalue weighted by molar-refractivity contribution is 7.99. The second-order valence-electron chi connectivity index (χ2n) is 8.44. The van der Waals surface area contributed by atoms with Crippen molar-refractivity contribution in [3.63, 3.8) is 0 Å². The van der Waals surface area contributed by atoms with Gasteiger partial charge in [-0.05, 0) is 45.7 Å². The summed E-state index contributed by atoms with van der Waals surface area (Å²) in [6, 6.07) is 6.02. The summed E-state index contributed by atoms with van der Waals surface area (Å²) in [5.74, 6) is 2.11. The lowest BCUT2D eigenvalue weighted by molar-refractivity contribution is -0.151. The second kappa shape index (κ2) is 9.73. The van der Waals surface area contributed by atoms with Crippen LogP contribution >= 0.6 is 11.8 Å².